The lowest BCUT2D eigenvalue weighted by atomic mass is 10.2. The lowest BCUT2D eigenvalue weighted by Crippen LogP contribution is -2.12. The van der Waals surface area contributed by atoms with Crippen LogP contribution in [-0.4, -0.2) is 32.2 Å². The van der Waals surface area contributed by atoms with E-state index in [-0.39, 0.29) is 5.91 Å². The van der Waals surface area contributed by atoms with Crippen LogP contribution in [0.25, 0.3) is 10.2 Å². The molecule has 0 fully saturated rings. The number of methoxy groups -OCH3 is 3. The number of hydrogen-bond acceptors (Lipinski definition) is 6. The SMILES string of the molecule is COc1cc(OC)cc(C(=O)Nc2nc3ccc(OC)cc3s2)c1. The van der Waals surface area contributed by atoms with Crippen LogP contribution in [0.2, 0.25) is 0 Å². The molecule has 1 aromatic heterocycles. The first-order chi connectivity index (χ1) is 11.6. The minimum Gasteiger partial charge on any atom is -0.497 e. The highest BCUT2D eigenvalue weighted by atomic mass is 32.1. The van der Waals surface area contributed by atoms with Crippen molar-refractivity contribution in [1.82, 2.24) is 4.98 Å². The van der Waals surface area contributed by atoms with Gasteiger partial charge >= 0.3 is 0 Å². The average Bonchev–Trinajstić information content (AvgIpc) is 3.02. The van der Waals surface area contributed by atoms with Crippen molar-refractivity contribution in [3.8, 4) is 17.2 Å². The number of amides is 1. The number of anilines is 1. The topological polar surface area (TPSA) is 69.7 Å². The van der Waals surface area contributed by atoms with Crippen LogP contribution in [0, 0.1) is 0 Å². The summed E-state index contributed by atoms with van der Waals surface area (Å²) in [6.07, 6.45) is 0. The fourth-order valence-electron chi connectivity index (χ4n) is 2.19. The molecule has 0 radical (unpaired) electrons. The Labute approximate surface area is 143 Å². The van der Waals surface area contributed by atoms with Crippen molar-refractivity contribution in [3.63, 3.8) is 0 Å². The summed E-state index contributed by atoms with van der Waals surface area (Å²) < 4.78 is 16.5. The Hall–Kier alpha value is -2.80. The Morgan fingerprint density at radius 2 is 1.62 bits per heavy atom. The Balaban J connectivity index is 1.86. The molecule has 0 saturated carbocycles. The lowest BCUT2D eigenvalue weighted by Gasteiger charge is -2.07. The fraction of sp³-hybridized carbons (Fsp3) is 0.176. The molecule has 0 aliphatic heterocycles. The van der Waals surface area contributed by atoms with Crippen LogP contribution in [0.4, 0.5) is 5.13 Å². The first-order valence-electron chi connectivity index (χ1n) is 7.12. The van der Waals surface area contributed by atoms with Crippen LogP contribution in [0.3, 0.4) is 0 Å². The molecule has 0 spiro atoms. The second kappa shape index (κ2) is 6.76. The van der Waals surface area contributed by atoms with Gasteiger partial charge in [0.2, 0.25) is 0 Å². The maximum atomic E-state index is 12.5. The van der Waals surface area contributed by atoms with Gasteiger partial charge in [-0.1, -0.05) is 11.3 Å². The molecule has 0 saturated heterocycles. The first-order valence-corrected chi connectivity index (χ1v) is 7.93. The Bertz CT molecular complexity index is 869. The van der Waals surface area contributed by atoms with Crippen molar-refractivity contribution in [1.29, 1.82) is 0 Å². The summed E-state index contributed by atoms with van der Waals surface area (Å²) >= 11 is 1.38. The summed E-state index contributed by atoms with van der Waals surface area (Å²) in [5.74, 6) is 1.57. The van der Waals surface area contributed by atoms with Crippen molar-refractivity contribution in [2.45, 2.75) is 0 Å². The first kappa shape index (κ1) is 16.1. The molecular formula is C17H16N2O4S. The Morgan fingerprint density at radius 3 is 2.25 bits per heavy atom. The molecule has 124 valence electrons. The number of carbonyl (C=O) groups is 1. The average molecular weight is 344 g/mol. The molecule has 3 rings (SSSR count). The molecule has 0 aliphatic rings. The smallest absolute Gasteiger partial charge is 0.257 e. The van der Waals surface area contributed by atoms with Crippen LogP contribution in [-0.2, 0) is 0 Å². The van der Waals surface area contributed by atoms with Gasteiger partial charge < -0.3 is 14.2 Å². The number of carbonyl (C=O) groups excluding carboxylic acids is 1. The van der Waals surface area contributed by atoms with Crippen LogP contribution in [0.15, 0.2) is 36.4 Å². The van der Waals surface area contributed by atoms with E-state index < -0.39 is 0 Å². The maximum Gasteiger partial charge on any atom is 0.257 e. The van der Waals surface area contributed by atoms with E-state index in [2.05, 4.69) is 10.3 Å². The predicted molar refractivity (Wildman–Crippen MR) is 93.7 cm³/mol. The molecule has 1 N–H and O–H groups in total. The lowest BCUT2D eigenvalue weighted by molar-refractivity contribution is 0.102. The standard InChI is InChI=1S/C17H16N2O4S/c1-21-11-4-5-14-15(9-11)24-17(18-14)19-16(20)10-6-12(22-2)8-13(7-10)23-3/h4-9H,1-3H3,(H,18,19,20). The molecule has 1 heterocycles. The molecule has 1 amide bonds. The second-order valence-corrected chi connectivity index (χ2v) is 5.94. The van der Waals surface area contributed by atoms with Gasteiger partial charge in [0.05, 0.1) is 31.5 Å². The van der Waals surface area contributed by atoms with E-state index in [0.717, 1.165) is 16.0 Å². The highest BCUT2D eigenvalue weighted by Gasteiger charge is 2.13. The zero-order valence-electron chi connectivity index (χ0n) is 13.5. The van der Waals surface area contributed by atoms with Crippen LogP contribution >= 0.6 is 11.3 Å². The van der Waals surface area contributed by atoms with Crippen LogP contribution < -0.4 is 19.5 Å². The van der Waals surface area contributed by atoms with Gasteiger partial charge in [-0.2, -0.15) is 0 Å². The molecular weight excluding hydrogens is 328 g/mol. The normalized spacial score (nSPS) is 10.5. The summed E-state index contributed by atoms with van der Waals surface area (Å²) in [5, 5.41) is 3.32. The molecule has 0 bridgehead atoms. The zero-order chi connectivity index (χ0) is 17.1. The number of rotatable bonds is 5. The number of fused-ring (bicyclic) bond motifs is 1. The summed E-state index contributed by atoms with van der Waals surface area (Å²) in [5.41, 5.74) is 1.24. The van der Waals surface area contributed by atoms with Gasteiger partial charge in [0, 0.05) is 11.6 Å². The van der Waals surface area contributed by atoms with E-state index in [1.165, 1.54) is 25.6 Å². The largest absolute Gasteiger partial charge is 0.497 e. The van der Waals surface area contributed by atoms with Gasteiger partial charge in [-0.3, -0.25) is 10.1 Å². The van der Waals surface area contributed by atoms with E-state index in [9.17, 15) is 4.79 Å². The van der Waals surface area contributed by atoms with Crippen molar-refractivity contribution >= 4 is 32.6 Å². The molecule has 2 aromatic carbocycles. The predicted octanol–water partition coefficient (Wildman–Crippen LogP) is 3.57. The third-order valence-electron chi connectivity index (χ3n) is 3.43. The summed E-state index contributed by atoms with van der Waals surface area (Å²) in [7, 11) is 4.69. The number of ether oxygens (including phenoxy) is 3. The fourth-order valence-corrected chi connectivity index (χ4v) is 3.08. The molecule has 0 unspecified atom stereocenters. The molecule has 7 heteroatoms. The maximum absolute atomic E-state index is 12.5. The van der Waals surface area contributed by atoms with Crippen molar-refractivity contribution < 1.29 is 19.0 Å². The molecule has 0 aliphatic carbocycles. The van der Waals surface area contributed by atoms with Crippen molar-refractivity contribution in [2.24, 2.45) is 0 Å². The van der Waals surface area contributed by atoms with Gasteiger partial charge in [-0.15, -0.1) is 0 Å². The van der Waals surface area contributed by atoms with Gasteiger partial charge in [0.1, 0.15) is 17.2 Å². The quantitative estimate of drug-likeness (QED) is 0.766. The van der Waals surface area contributed by atoms with Crippen molar-refractivity contribution in [2.75, 3.05) is 26.6 Å². The number of hydrogen-bond donors (Lipinski definition) is 1. The zero-order valence-corrected chi connectivity index (χ0v) is 14.3. The molecule has 0 atom stereocenters. The third kappa shape index (κ3) is 3.26. The van der Waals surface area contributed by atoms with E-state index in [0.29, 0.717) is 22.2 Å². The van der Waals surface area contributed by atoms with E-state index in [4.69, 9.17) is 14.2 Å². The van der Waals surface area contributed by atoms with E-state index in [1.54, 1.807) is 25.3 Å². The minimum absolute atomic E-state index is 0.279. The summed E-state index contributed by atoms with van der Waals surface area (Å²) in [6.45, 7) is 0. The van der Waals surface area contributed by atoms with Gasteiger partial charge in [0.25, 0.3) is 5.91 Å². The summed E-state index contributed by atoms with van der Waals surface area (Å²) in [6, 6.07) is 10.6. The monoisotopic (exact) mass is 344 g/mol. The van der Waals surface area contributed by atoms with Gasteiger partial charge in [-0.25, -0.2) is 4.98 Å². The number of thiazole rings is 1. The molecule has 24 heavy (non-hydrogen) atoms. The number of nitrogens with one attached hydrogen (secondary N) is 1. The van der Waals surface area contributed by atoms with Gasteiger partial charge in [0.15, 0.2) is 5.13 Å². The third-order valence-corrected chi connectivity index (χ3v) is 4.36. The highest BCUT2D eigenvalue weighted by Crippen LogP contribution is 2.30. The van der Waals surface area contributed by atoms with Crippen LogP contribution in [0.5, 0.6) is 17.2 Å². The summed E-state index contributed by atoms with van der Waals surface area (Å²) in [4.78, 5) is 16.9. The van der Waals surface area contributed by atoms with E-state index in [1.807, 2.05) is 18.2 Å². The number of benzene rings is 2. The highest BCUT2D eigenvalue weighted by molar-refractivity contribution is 7.22. The number of nitrogens with zero attached hydrogens (tertiary/aromatic N) is 1. The minimum atomic E-state index is -0.279. The van der Waals surface area contributed by atoms with E-state index >= 15 is 0 Å². The second-order valence-electron chi connectivity index (χ2n) is 4.91. The Kier molecular flexibility index (Phi) is 4.52. The molecule has 3 aromatic rings. The van der Waals surface area contributed by atoms with Crippen molar-refractivity contribution in [3.05, 3.63) is 42.0 Å². The van der Waals surface area contributed by atoms with Crippen LogP contribution in [0.1, 0.15) is 10.4 Å². The number of aromatic nitrogens is 1. The molecule has 6 nitrogen and oxygen atoms in total. The Morgan fingerprint density at radius 1 is 0.958 bits per heavy atom. The van der Waals surface area contributed by atoms with Gasteiger partial charge in [-0.05, 0) is 30.3 Å².